The zero-order valence-electron chi connectivity index (χ0n) is 12.4. The second-order valence-corrected chi connectivity index (χ2v) is 6.43. The van der Waals surface area contributed by atoms with Gasteiger partial charge in [0.05, 0.1) is 24.4 Å². The van der Waals surface area contributed by atoms with Crippen molar-refractivity contribution in [1.82, 2.24) is 9.66 Å². The van der Waals surface area contributed by atoms with Crippen LogP contribution in [0.1, 0.15) is 5.56 Å². The second-order valence-electron chi connectivity index (χ2n) is 4.82. The van der Waals surface area contributed by atoms with E-state index in [9.17, 15) is 0 Å². The largest absolute Gasteiger partial charge is 0.463 e. The van der Waals surface area contributed by atoms with Crippen LogP contribution in [0.4, 0.5) is 5.69 Å². The zero-order chi connectivity index (χ0) is 16.2. The van der Waals surface area contributed by atoms with E-state index in [4.69, 9.17) is 4.42 Å². The Morgan fingerprint density at radius 1 is 1.17 bits per heavy atom. The highest BCUT2D eigenvalue weighted by atomic mass is 32.1. The maximum atomic E-state index is 5.52. The highest BCUT2D eigenvalue weighted by Gasteiger charge is 2.09. The Kier molecular flexibility index (Phi) is 4.18. The maximum absolute atomic E-state index is 5.52. The van der Waals surface area contributed by atoms with Crippen LogP contribution in [0.25, 0.3) is 11.5 Å². The Hall–Kier alpha value is -2.77. The van der Waals surface area contributed by atoms with Crippen LogP contribution in [0.3, 0.4) is 0 Å². The fraction of sp³-hybridized carbons (Fsp3) is 0. The molecule has 0 fully saturated rings. The van der Waals surface area contributed by atoms with Gasteiger partial charge in [-0.1, -0.05) is 0 Å². The van der Waals surface area contributed by atoms with Crippen LogP contribution in [0.15, 0.2) is 79.6 Å². The lowest BCUT2D eigenvalue weighted by Gasteiger charge is -2.00. The highest BCUT2D eigenvalue weighted by molar-refractivity contribution is 7.08. The molecule has 118 valence electrons. The van der Waals surface area contributed by atoms with Crippen molar-refractivity contribution in [3.63, 3.8) is 0 Å². The fourth-order valence-electron chi connectivity index (χ4n) is 2.09. The molecule has 0 N–H and O–H groups in total. The van der Waals surface area contributed by atoms with Crippen LogP contribution in [-0.4, -0.2) is 15.9 Å². The summed E-state index contributed by atoms with van der Waals surface area (Å²) in [6.07, 6.45) is 6.92. The fourth-order valence-corrected chi connectivity index (χ4v) is 3.53. The quantitative estimate of drug-likeness (QED) is 0.512. The SMILES string of the molecule is C(=Nn1c(-c2ccco2)csc1=Nc1cccnc1)c1ccsc1. The molecule has 4 heterocycles. The summed E-state index contributed by atoms with van der Waals surface area (Å²) in [5.41, 5.74) is 2.69. The number of hydrogen-bond acceptors (Lipinski definition) is 6. The number of pyridine rings is 1. The molecule has 0 aromatic carbocycles. The van der Waals surface area contributed by atoms with Crippen molar-refractivity contribution in [2.45, 2.75) is 0 Å². The Morgan fingerprint density at radius 3 is 2.92 bits per heavy atom. The molecule has 24 heavy (non-hydrogen) atoms. The number of thiophene rings is 1. The van der Waals surface area contributed by atoms with Gasteiger partial charge in [0.1, 0.15) is 5.69 Å². The van der Waals surface area contributed by atoms with Gasteiger partial charge in [-0.05, 0) is 41.1 Å². The normalized spacial score (nSPS) is 12.2. The van der Waals surface area contributed by atoms with Crippen LogP contribution in [0.2, 0.25) is 0 Å². The van der Waals surface area contributed by atoms with Crippen LogP contribution >= 0.6 is 22.7 Å². The number of aromatic nitrogens is 2. The van der Waals surface area contributed by atoms with Gasteiger partial charge in [0.2, 0.25) is 4.80 Å². The van der Waals surface area contributed by atoms with Crippen molar-refractivity contribution < 1.29 is 4.42 Å². The molecule has 0 spiro atoms. The number of furan rings is 1. The monoisotopic (exact) mass is 352 g/mol. The number of hydrogen-bond donors (Lipinski definition) is 0. The minimum atomic E-state index is 0.751. The topological polar surface area (TPSA) is 55.7 Å². The molecule has 0 aliphatic carbocycles. The average molecular weight is 352 g/mol. The molecule has 4 rings (SSSR count). The first-order valence-electron chi connectivity index (χ1n) is 7.16. The van der Waals surface area contributed by atoms with Crippen molar-refractivity contribution in [2.24, 2.45) is 10.1 Å². The standard InChI is InChI=1S/C17H12N4OS2/c1-3-14(10-18-6-1)20-17-21(19-9-13-5-8-23-11-13)15(12-24-17)16-4-2-7-22-16/h1-12H. The Labute approximate surface area is 145 Å². The first-order valence-corrected chi connectivity index (χ1v) is 8.98. The van der Waals surface area contributed by atoms with Crippen molar-refractivity contribution in [2.75, 3.05) is 0 Å². The van der Waals surface area contributed by atoms with Gasteiger partial charge in [0, 0.05) is 17.1 Å². The van der Waals surface area contributed by atoms with Gasteiger partial charge in [-0.2, -0.15) is 16.4 Å². The Morgan fingerprint density at radius 2 is 2.17 bits per heavy atom. The first kappa shape index (κ1) is 14.8. The molecule has 0 aliphatic heterocycles. The zero-order valence-corrected chi connectivity index (χ0v) is 14.1. The van der Waals surface area contributed by atoms with E-state index in [1.807, 2.05) is 52.7 Å². The molecule has 0 unspecified atom stereocenters. The summed E-state index contributed by atoms with van der Waals surface area (Å²) in [5.74, 6) is 0.751. The van der Waals surface area contributed by atoms with E-state index in [1.54, 1.807) is 34.7 Å². The summed E-state index contributed by atoms with van der Waals surface area (Å²) in [7, 11) is 0. The lowest BCUT2D eigenvalue weighted by molar-refractivity contribution is 0.575. The van der Waals surface area contributed by atoms with Crippen molar-refractivity contribution >= 4 is 34.6 Å². The molecule has 0 saturated carbocycles. The lowest BCUT2D eigenvalue weighted by atomic mass is 10.4. The summed E-state index contributed by atoms with van der Waals surface area (Å²) in [6, 6.07) is 9.56. The minimum absolute atomic E-state index is 0.751. The maximum Gasteiger partial charge on any atom is 0.211 e. The van der Waals surface area contributed by atoms with Gasteiger partial charge in [-0.15, -0.1) is 11.3 Å². The predicted molar refractivity (Wildman–Crippen MR) is 96.8 cm³/mol. The van der Waals surface area contributed by atoms with Gasteiger partial charge >= 0.3 is 0 Å². The number of nitrogens with zero attached hydrogens (tertiary/aromatic N) is 4. The third-order valence-corrected chi connectivity index (χ3v) is 4.71. The van der Waals surface area contributed by atoms with Crippen LogP contribution in [-0.2, 0) is 0 Å². The van der Waals surface area contributed by atoms with Gasteiger partial charge < -0.3 is 4.42 Å². The molecule has 0 atom stereocenters. The highest BCUT2D eigenvalue weighted by Crippen LogP contribution is 2.21. The van der Waals surface area contributed by atoms with E-state index in [0.717, 1.165) is 27.5 Å². The Bertz CT molecular complexity index is 997. The van der Waals surface area contributed by atoms with Crippen LogP contribution in [0, 0.1) is 0 Å². The van der Waals surface area contributed by atoms with Gasteiger partial charge in [-0.25, -0.2) is 9.67 Å². The third kappa shape index (κ3) is 3.12. The predicted octanol–water partition coefficient (Wildman–Crippen LogP) is 4.38. The summed E-state index contributed by atoms with van der Waals surface area (Å²) < 4.78 is 7.31. The van der Waals surface area contributed by atoms with Crippen LogP contribution in [0.5, 0.6) is 0 Å². The van der Waals surface area contributed by atoms with E-state index >= 15 is 0 Å². The molecule has 4 aromatic heterocycles. The van der Waals surface area contributed by atoms with E-state index in [-0.39, 0.29) is 0 Å². The molecule has 0 aliphatic rings. The van der Waals surface area contributed by atoms with E-state index in [0.29, 0.717) is 0 Å². The molecule has 7 heteroatoms. The lowest BCUT2D eigenvalue weighted by Crippen LogP contribution is -2.11. The molecular weight excluding hydrogens is 340 g/mol. The van der Waals surface area contributed by atoms with Gasteiger partial charge in [0.15, 0.2) is 5.76 Å². The molecule has 0 bridgehead atoms. The van der Waals surface area contributed by atoms with Gasteiger partial charge in [0.25, 0.3) is 0 Å². The van der Waals surface area contributed by atoms with E-state index < -0.39 is 0 Å². The van der Waals surface area contributed by atoms with Crippen molar-refractivity contribution in [3.8, 4) is 11.5 Å². The molecule has 5 nitrogen and oxygen atoms in total. The average Bonchev–Trinajstić information content (AvgIpc) is 3.36. The number of rotatable bonds is 4. The Balaban J connectivity index is 1.84. The van der Waals surface area contributed by atoms with Crippen LogP contribution < -0.4 is 4.80 Å². The molecule has 0 amide bonds. The van der Waals surface area contributed by atoms with Gasteiger partial charge in [-0.3, -0.25) is 4.98 Å². The first-order chi connectivity index (χ1) is 11.9. The number of thiazole rings is 1. The second kappa shape index (κ2) is 6.77. The van der Waals surface area contributed by atoms with Crippen molar-refractivity contribution in [1.29, 1.82) is 0 Å². The molecule has 4 aromatic rings. The third-order valence-electron chi connectivity index (χ3n) is 3.20. The molecular formula is C17H12N4OS2. The summed E-state index contributed by atoms with van der Waals surface area (Å²) in [5, 5.41) is 10.6. The van der Waals surface area contributed by atoms with E-state index in [1.165, 1.54) is 11.3 Å². The van der Waals surface area contributed by atoms with Crippen molar-refractivity contribution in [3.05, 3.63) is 75.5 Å². The summed E-state index contributed by atoms with van der Waals surface area (Å²) >= 11 is 3.14. The summed E-state index contributed by atoms with van der Waals surface area (Å²) in [6.45, 7) is 0. The molecule has 0 radical (unpaired) electrons. The summed E-state index contributed by atoms with van der Waals surface area (Å²) in [4.78, 5) is 9.49. The molecule has 0 saturated heterocycles. The minimum Gasteiger partial charge on any atom is -0.463 e. The smallest absolute Gasteiger partial charge is 0.211 e. The van der Waals surface area contributed by atoms with E-state index in [2.05, 4.69) is 15.1 Å².